The fraction of sp³-hybridized carbons (Fsp3) is 0. The molecule has 0 spiro atoms. The Morgan fingerprint density at radius 3 is 1.82 bits per heavy atom. The van der Waals surface area contributed by atoms with E-state index in [0.29, 0.717) is 0 Å². The van der Waals surface area contributed by atoms with E-state index in [2.05, 4.69) is 204 Å². The molecule has 10 rings (SSSR count). The summed E-state index contributed by atoms with van der Waals surface area (Å²) < 4.78 is 4.99. The number of hydrogen-bond acceptors (Lipinski definition) is 2. The zero-order chi connectivity index (χ0) is 33.7. The van der Waals surface area contributed by atoms with Crippen LogP contribution in [0.15, 0.2) is 194 Å². The Bertz CT molecular complexity index is 2830. The molecule has 0 aliphatic heterocycles. The van der Waals surface area contributed by atoms with Crippen molar-refractivity contribution in [3.63, 3.8) is 0 Å². The van der Waals surface area contributed by atoms with Gasteiger partial charge in [-0.2, -0.15) is 0 Å². The van der Waals surface area contributed by atoms with Crippen molar-refractivity contribution in [1.82, 2.24) is 4.57 Å². The molecule has 240 valence electrons. The minimum absolute atomic E-state index is 1.12. The highest BCUT2D eigenvalue weighted by Gasteiger charge is 2.22. The first-order valence-electron chi connectivity index (χ1n) is 17.4. The van der Waals surface area contributed by atoms with Gasteiger partial charge in [-0.1, -0.05) is 133 Å². The second-order valence-corrected chi connectivity index (χ2v) is 14.0. The Kier molecular flexibility index (Phi) is 7.04. The predicted octanol–water partition coefficient (Wildman–Crippen LogP) is 14.0. The van der Waals surface area contributed by atoms with Crippen molar-refractivity contribution < 1.29 is 0 Å². The number of nitrogens with zero attached hydrogens (tertiary/aromatic N) is 2. The molecule has 3 heteroatoms. The molecule has 51 heavy (non-hydrogen) atoms. The molecule has 8 aromatic carbocycles. The average Bonchev–Trinajstić information content (AvgIpc) is 3.76. The summed E-state index contributed by atoms with van der Waals surface area (Å²) in [5.41, 5.74) is 11.8. The fourth-order valence-electron chi connectivity index (χ4n) is 7.68. The molecule has 0 aliphatic rings. The second kappa shape index (κ2) is 12.2. The number of thiophene rings is 1. The number of benzene rings is 8. The monoisotopic (exact) mass is 668 g/mol. The molecule has 0 saturated carbocycles. The van der Waals surface area contributed by atoms with Crippen LogP contribution < -0.4 is 4.90 Å². The van der Waals surface area contributed by atoms with Crippen molar-refractivity contribution in [2.75, 3.05) is 4.90 Å². The van der Waals surface area contributed by atoms with Crippen LogP contribution in [0.25, 0.3) is 69.9 Å². The van der Waals surface area contributed by atoms with Crippen LogP contribution in [0.3, 0.4) is 0 Å². The molecular weight excluding hydrogens is 637 g/mol. The van der Waals surface area contributed by atoms with Gasteiger partial charge in [0.05, 0.1) is 21.4 Å². The quantitative estimate of drug-likeness (QED) is 0.171. The number of aromatic nitrogens is 1. The highest BCUT2D eigenvalue weighted by Crippen LogP contribution is 2.47. The SMILES string of the molecule is c1ccc(-c2ccc(N(c3ccc4c(c3)c3c(-c5ccccc5)cccc3n4-c3ccccc3)c3cccc4c3sc3ccccc34)cc2)cc1. The lowest BCUT2D eigenvalue weighted by molar-refractivity contribution is 1.18. The maximum atomic E-state index is 2.45. The van der Waals surface area contributed by atoms with Crippen LogP contribution in [0.1, 0.15) is 0 Å². The first-order chi connectivity index (χ1) is 25.3. The lowest BCUT2D eigenvalue weighted by Crippen LogP contribution is -2.10. The van der Waals surface area contributed by atoms with E-state index in [9.17, 15) is 0 Å². The van der Waals surface area contributed by atoms with Gasteiger partial charge >= 0.3 is 0 Å². The molecule has 0 amide bonds. The molecule has 0 saturated heterocycles. The third kappa shape index (κ3) is 4.93. The van der Waals surface area contributed by atoms with E-state index in [1.165, 1.54) is 69.9 Å². The van der Waals surface area contributed by atoms with E-state index in [4.69, 9.17) is 0 Å². The third-order valence-corrected chi connectivity index (χ3v) is 11.2. The predicted molar refractivity (Wildman–Crippen MR) is 219 cm³/mol. The van der Waals surface area contributed by atoms with Gasteiger partial charge in [0.15, 0.2) is 0 Å². The van der Waals surface area contributed by atoms with E-state index in [1.807, 2.05) is 11.3 Å². The molecule has 0 aliphatic carbocycles. The Labute approximate surface area is 300 Å². The molecule has 2 aromatic heterocycles. The molecule has 0 bridgehead atoms. The number of anilines is 3. The molecule has 10 aromatic rings. The summed E-state index contributed by atoms with van der Waals surface area (Å²) in [6.45, 7) is 0. The molecule has 0 radical (unpaired) electrons. The van der Waals surface area contributed by atoms with Crippen LogP contribution in [-0.2, 0) is 0 Å². The lowest BCUT2D eigenvalue weighted by atomic mass is 9.99. The van der Waals surface area contributed by atoms with Gasteiger partial charge in [-0.25, -0.2) is 0 Å². The highest BCUT2D eigenvalue weighted by atomic mass is 32.1. The molecule has 2 nitrogen and oxygen atoms in total. The molecular formula is C48H32N2S. The topological polar surface area (TPSA) is 8.17 Å². The summed E-state index contributed by atoms with van der Waals surface area (Å²) in [4.78, 5) is 2.45. The number of para-hydroxylation sites is 1. The number of fused-ring (bicyclic) bond motifs is 6. The van der Waals surface area contributed by atoms with Crippen LogP contribution in [-0.4, -0.2) is 4.57 Å². The van der Waals surface area contributed by atoms with Gasteiger partial charge in [0.2, 0.25) is 0 Å². The summed E-state index contributed by atoms with van der Waals surface area (Å²) in [6, 6.07) is 70.3. The molecule has 0 atom stereocenters. The Hall–Kier alpha value is -6.42. The minimum atomic E-state index is 1.12. The zero-order valence-corrected chi connectivity index (χ0v) is 28.6. The summed E-state index contributed by atoms with van der Waals surface area (Å²) in [5, 5.41) is 5.06. The van der Waals surface area contributed by atoms with Gasteiger partial charge in [-0.15, -0.1) is 11.3 Å². The van der Waals surface area contributed by atoms with E-state index < -0.39 is 0 Å². The normalized spacial score (nSPS) is 11.5. The van der Waals surface area contributed by atoms with Crippen molar-refractivity contribution in [2.45, 2.75) is 0 Å². The van der Waals surface area contributed by atoms with Gasteiger partial charge in [-0.3, -0.25) is 0 Å². The smallest absolute Gasteiger partial charge is 0.0640 e. The molecule has 0 fully saturated rings. The zero-order valence-electron chi connectivity index (χ0n) is 27.8. The number of rotatable bonds is 6. The minimum Gasteiger partial charge on any atom is -0.309 e. The van der Waals surface area contributed by atoms with Gasteiger partial charge in [0.25, 0.3) is 0 Å². The van der Waals surface area contributed by atoms with Crippen LogP contribution in [0.4, 0.5) is 17.1 Å². The third-order valence-electron chi connectivity index (χ3n) is 9.99. The van der Waals surface area contributed by atoms with Gasteiger partial charge in [-0.05, 0) is 82.9 Å². The Balaban J connectivity index is 1.25. The maximum absolute atomic E-state index is 2.45. The average molecular weight is 669 g/mol. The molecule has 0 N–H and O–H groups in total. The lowest BCUT2D eigenvalue weighted by Gasteiger charge is -2.26. The van der Waals surface area contributed by atoms with E-state index in [-0.39, 0.29) is 0 Å². The van der Waals surface area contributed by atoms with Gasteiger partial charge in [0.1, 0.15) is 0 Å². The van der Waals surface area contributed by atoms with Crippen LogP contribution in [0, 0.1) is 0 Å². The first kappa shape index (κ1) is 29.5. The van der Waals surface area contributed by atoms with E-state index in [1.54, 1.807) is 0 Å². The number of hydrogen-bond donors (Lipinski definition) is 0. The largest absolute Gasteiger partial charge is 0.309 e. The van der Waals surface area contributed by atoms with Gasteiger partial charge in [0, 0.05) is 43.3 Å². The molecule has 2 heterocycles. The maximum Gasteiger partial charge on any atom is 0.0640 e. The van der Waals surface area contributed by atoms with Crippen molar-refractivity contribution in [3.8, 4) is 27.9 Å². The Morgan fingerprint density at radius 2 is 1.04 bits per heavy atom. The van der Waals surface area contributed by atoms with E-state index in [0.717, 1.165) is 17.1 Å². The summed E-state index contributed by atoms with van der Waals surface area (Å²) in [6.07, 6.45) is 0. The van der Waals surface area contributed by atoms with Crippen molar-refractivity contribution in [2.24, 2.45) is 0 Å². The summed E-state index contributed by atoms with van der Waals surface area (Å²) in [5.74, 6) is 0. The van der Waals surface area contributed by atoms with Gasteiger partial charge < -0.3 is 9.47 Å². The van der Waals surface area contributed by atoms with E-state index >= 15 is 0 Å². The summed E-state index contributed by atoms with van der Waals surface area (Å²) >= 11 is 1.87. The molecule has 0 unspecified atom stereocenters. The van der Waals surface area contributed by atoms with Crippen LogP contribution in [0.2, 0.25) is 0 Å². The highest BCUT2D eigenvalue weighted by molar-refractivity contribution is 7.26. The summed E-state index contributed by atoms with van der Waals surface area (Å²) in [7, 11) is 0. The first-order valence-corrected chi connectivity index (χ1v) is 18.2. The van der Waals surface area contributed by atoms with Crippen LogP contribution >= 0.6 is 11.3 Å². The van der Waals surface area contributed by atoms with Crippen molar-refractivity contribution in [1.29, 1.82) is 0 Å². The Morgan fingerprint density at radius 1 is 0.412 bits per heavy atom. The van der Waals surface area contributed by atoms with Crippen LogP contribution in [0.5, 0.6) is 0 Å². The fourth-order valence-corrected chi connectivity index (χ4v) is 8.89. The van der Waals surface area contributed by atoms with Crippen molar-refractivity contribution in [3.05, 3.63) is 194 Å². The van der Waals surface area contributed by atoms with Crippen molar-refractivity contribution >= 4 is 70.4 Å². The second-order valence-electron chi connectivity index (χ2n) is 12.9. The standard InChI is InChI=1S/C48H32N2S/c1-4-14-33(15-5-1)34-26-28-37(29-27-34)49(45-24-13-22-41-40-20-10-11-25-46(40)51-48(41)45)38-30-31-43-42(32-38)47-39(35-16-6-2-7-17-35)21-12-23-44(47)50(43)36-18-8-3-9-19-36/h1-32H.